The van der Waals surface area contributed by atoms with Gasteiger partial charge in [0.25, 0.3) is 0 Å². The van der Waals surface area contributed by atoms with Crippen LogP contribution in [0.25, 0.3) is 11.5 Å². The Labute approximate surface area is 171 Å². The fourth-order valence-corrected chi connectivity index (χ4v) is 6.79. The molecule has 0 N–H and O–H groups in total. The highest BCUT2D eigenvalue weighted by Crippen LogP contribution is 2.63. The first-order valence-corrected chi connectivity index (χ1v) is 11.7. The minimum absolute atomic E-state index is 0.151. The topological polar surface area (TPSA) is 29.5 Å². The fourth-order valence-electron chi connectivity index (χ4n) is 4.17. The van der Waals surface area contributed by atoms with Crippen LogP contribution in [0.1, 0.15) is 23.6 Å². The molecule has 2 heterocycles. The predicted octanol–water partition coefficient (Wildman–Crippen LogP) is 6.74. The molecule has 0 radical (unpaired) electrons. The van der Waals surface area contributed by atoms with Gasteiger partial charge in [0.1, 0.15) is 11.5 Å². The summed E-state index contributed by atoms with van der Waals surface area (Å²) in [6, 6.07) is 28.2. The van der Waals surface area contributed by atoms with Crippen molar-refractivity contribution >= 4 is 24.5 Å². The number of rotatable bonds is 3. The molecule has 0 aliphatic carbocycles. The molecule has 2 aliphatic rings. The van der Waals surface area contributed by atoms with Crippen molar-refractivity contribution in [3.8, 4) is 0 Å². The Morgan fingerprint density at radius 2 is 1.31 bits per heavy atom. The van der Waals surface area contributed by atoms with E-state index in [0.29, 0.717) is 11.5 Å². The first-order chi connectivity index (χ1) is 14.1. The van der Waals surface area contributed by atoms with E-state index >= 15 is 0 Å². The Morgan fingerprint density at radius 1 is 0.793 bits per heavy atom. The van der Waals surface area contributed by atoms with Crippen LogP contribution >= 0.6 is 7.29 Å². The summed E-state index contributed by atoms with van der Waals surface area (Å²) in [5, 5.41) is 0. The second-order valence-electron chi connectivity index (χ2n) is 7.52. The van der Waals surface area contributed by atoms with E-state index in [9.17, 15) is 4.57 Å². The van der Waals surface area contributed by atoms with Gasteiger partial charge in [0, 0.05) is 34.5 Å². The summed E-state index contributed by atoms with van der Waals surface area (Å²) in [5.41, 5.74) is 4.15. The van der Waals surface area contributed by atoms with Gasteiger partial charge >= 0.3 is 0 Å². The SMILES string of the molecule is C[C@H]1Cc2ccccc2N1P1(=O)C=C(c2ccccc2)OC(c2ccccc2)=C1. The van der Waals surface area contributed by atoms with Crippen molar-refractivity contribution in [1.29, 1.82) is 0 Å². The quantitative estimate of drug-likeness (QED) is 0.457. The molecule has 3 nitrogen and oxygen atoms in total. The van der Waals surface area contributed by atoms with Gasteiger partial charge in [0.2, 0.25) is 7.29 Å². The third-order valence-electron chi connectivity index (χ3n) is 5.45. The van der Waals surface area contributed by atoms with Crippen molar-refractivity contribution in [1.82, 2.24) is 0 Å². The zero-order valence-corrected chi connectivity index (χ0v) is 17.1. The lowest BCUT2D eigenvalue weighted by atomic mass is 10.1. The summed E-state index contributed by atoms with van der Waals surface area (Å²) in [4.78, 5) is 0. The Bertz CT molecular complexity index is 1090. The number of hydrogen-bond donors (Lipinski definition) is 0. The molecule has 0 amide bonds. The first-order valence-electron chi connectivity index (χ1n) is 9.85. The fraction of sp³-hybridized carbons (Fsp3) is 0.120. The van der Waals surface area contributed by atoms with E-state index < -0.39 is 7.29 Å². The molecular weight excluding hydrogens is 377 g/mol. The highest BCUT2D eigenvalue weighted by atomic mass is 31.2. The second-order valence-corrected chi connectivity index (χ2v) is 9.81. The van der Waals surface area contributed by atoms with Crippen LogP contribution in [0.2, 0.25) is 0 Å². The van der Waals surface area contributed by atoms with E-state index in [1.807, 2.05) is 84.4 Å². The number of ether oxygens (including phenoxy) is 1. The van der Waals surface area contributed by atoms with Gasteiger partial charge in [-0.2, -0.15) is 0 Å². The molecule has 5 rings (SSSR count). The van der Waals surface area contributed by atoms with Crippen LogP contribution < -0.4 is 4.67 Å². The van der Waals surface area contributed by atoms with Gasteiger partial charge in [-0.05, 0) is 25.0 Å². The molecule has 4 heteroatoms. The Balaban J connectivity index is 1.68. The summed E-state index contributed by atoms with van der Waals surface area (Å²) in [7, 11) is -3.01. The van der Waals surface area contributed by atoms with Crippen LogP contribution in [0, 0.1) is 0 Å². The molecule has 3 aromatic carbocycles. The van der Waals surface area contributed by atoms with E-state index in [1.165, 1.54) is 5.56 Å². The molecular formula is C25H22NO2P. The smallest absolute Gasteiger partial charge is 0.223 e. The highest BCUT2D eigenvalue weighted by molar-refractivity contribution is 7.72. The van der Waals surface area contributed by atoms with E-state index in [4.69, 9.17) is 4.74 Å². The number of fused-ring (bicyclic) bond motifs is 1. The van der Waals surface area contributed by atoms with Gasteiger partial charge in [0.15, 0.2) is 0 Å². The van der Waals surface area contributed by atoms with Gasteiger partial charge in [-0.1, -0.05) is 78.9 Å². The third kappa shape index (κ3) is 3.22. The molecule has 1 atom stereocenters. The molecule has 0 spiro atoms. The monoisotopic (exact) mass is 399 g/mol. The van der Waals surface area contributed by atoms with Gasteiger partial charge in [-0.15, -0.1) is 0 Å². The molecule has 29 heavy (non-hydrogen) atoms. The Kier molecular flexibility index (Phi) is 4.41. The average Bonchev–Trinajstić information content (AvgIpc) is 3.11. The minimum Gasteiger partial charge on any atom is -0.456 e. The molecule has 0 fully saturated rings. The zero-order valence-electron chi connectivity index (χ0n) is 16.2. The number of benzene rings is 3. The van der Waals surface area contributed by atoms with Crippen molar-refractivity contribution in [2.24, 2.45) is 0 Å². The van der Waals surface area contributed by atoms with Crippen LogP contribution in [0.4, 0.5) is 5.69 Å². The van der Waals surface area contributed by atoms with Crippen LogP contribution in [-0.2, 0) is 15.7 Å². The summed E-state index contributed by atoms with van der Waals surface area (Å²) in [5.74, 6) is 4.94. The lowest BCUT2D eigenvalue weighted by molar-refractivity contribution is 0.468. The van der Waals surface area contributed by atoms with E-state index in [2.05, 4.69) is 23.7 Å². The lowest BCUT2D eigenvalue weighted by Crippen LogP contribution is -2.25. The van der Waals surface area contributed by atoms with Crippen molar-refractivity contribution in [2.75, 3.05) is 4.67 Å². The number of hydrogen-bond acceptors (Lipinski definition) is 2. The van der Waals surface area contributed by atoms with Crippen molar-refractivity contribution in [3.05, 3.63) is 113 Å². The number of anilines is 1. The van der Waals surface area contributed by atoms with Crippen molar-refractivity contribution < 1.29 is 9.30 Å². The average molecular weight is 399 g/mol. The van der Waals surface area contributed by atoms with E-state index in [-0.39, 0.29) is 6.04 Å². The van der Waals surface area contributed by atoms with E-state index in [0.717, 1.165) is 23.2 Å². The minimum atomic E-state index is -3.01. The van der Waals surface area contributed by atoms with Gasteiger partial charge in [0.05, 0.1) is 0 Å². The lowest BCUT2D eigenvalue weighted by Gasteiger charge is -2.33. The molecule has 3 aromatic rings. The molecule has 0 saturated heterocycles. The number of para-hydroxylation sites is 1. The van der Waals surface area contributed by atoms with E-state index in [1.54, 1.807) is 0 Å². The molecule has 144 valence electrons. The van der Waals surface area contributed by atoms with Gasteiger partial charge in [-0.25, -0.2) is 0 Å². The summed E-state index contributed by atoms with van der Waals surface area (Å²) in [6.07, 6.45) is 0.893. The van der Waals surface area contributed by atoms with Crippen LogP contribution in [0.15, 0.2) is 96.6 Å². The largest absolute Gasteiger partial charge is 0.456 e. The predicted molar refractivity (Wildman–Crippen MR) is 120 cm³/mol. The summed E-state index contributed by atoms with van der Waals surface area (Å²) < 4.78 is 22.8. The zero-order chi connectivity index (χ0) is 19.8. The van der Waals surface area contributed by atoms with Crippen molar-refractivity contribution in [2.45, 2.75) is 19.4 Å². The summed E-state index contributed by atoms with van der Waals surface area (Å²) >= 11 is 0. The normalized spacial score (nSPS) is 19.8. The summed E-state index contributed by atoms with van der Waals surface area (Å²) in [6.45, 7) is 2.14. The maximum absolute atomic E-state index is 14.5. The second kappa shape index (κ2) is 7.09. The first kappa shape index (κ1) is 18.0. The molecule has 0 unspecified atom stereocenters. The Hall–Kier alpha value is -3.03. The van der Waals surface area contributed by atoms with Crippen molar-refractivity contribution in [3.63, 3.8) is 0 Å². The maximum Gasteiger partial charge on any atom is 0.223 e. The van der Waals surface area contributed by atoms with Gasteiger partial charge in [-0.3, -0.25) is 4.57 Å². The van der Waals surface area contributed by atoms with Crippen LogP contribution in [-0.4, -0.2) is 6.04 Å². The number of nitrogens with zero attached hydrogens (tertiary/aromatic N) is 1. The molecule has 2 aliphatic heterocycles. The van der Waals surface area contributed by atoms with Gasteiger partial charge < -0.3 is 9.41 Å². The molecule has 0 saturated carbocycles. The molecule has 0 bridgehead atoms. The van der Waals surface area contributed by atoms with Crippen LogP contribution in [0.3, 0.4) is 0 Å². The maximum atomic E-state index is 14.5. The standard InChI is InChI=1S/C25H22NO2P/c1-19-16-22-14-8-9-15-23(22)26(19)29(27)17-24(20-10-4-2-5-11-20)28-25(18-29)21-12-6-3-7-13-21/h2-15,17-19H,16H2,1H3/t19-/m0/s1. The molecule has 0 aromatic heterocycles. The Morgan fingerprint density at radius 3 is 1.90 bits per heavy atom. The third-order valence-corrected chi connectivity index (χ3v) is 7.94. The highest BCUT2D eigenvalue weighted by Gasteiger charge is 2.39. The van der Waals surface area contributed by atoms with Crippen LogP contribution in [0.5, 0.6) is 0 Å².